The van der Waals surface area contributed by atoms with Gasteiger partial charge >= 0.3 is 5.97 Å². The summed E-state index contributed by atoms with van der Waals surface area (Å²) in [7, 11) is 0. The van der Waals surface area contributed by atoms with Crippen molar-refractivity contribution >= 4 is 35.2 Å². The molecule has 0 radical (unpaired) electrons. The highest BCUT2D eigenvalue weighted by atomic mass is 35.5. The van der Waals surface area contributed by atoms with Crippen LogP contribution in [0.15, 0.2) is 47.1 Å². The Morgan fingerprint density at radius 2 is 2.18 bits per heavy atom. The summed E-state index contributed by atoms with van der Waals surface area (Å²) in [6, 6.07) is 8.48. The van der Waals surface area contributed by atoms with E-state index in [0.717, 1.165) is 5.56 Å². The smallest absolute Gasteiger partial charge is 0.331 e. The number of halogens is 1. The van der Waals surface area contributed by atoms with Gasteiger partial charge < -0.3 is 14.5 Å². The molecule has 0 bridgehead atoms. The number of carbonyl (C=O) groups is 2. The van der Waals surface area contributed by atoms with E-state index in [1.165, 1.54) is 18.4 Å². The predicted octanol–water partition coefficient (Wildman–Crippen LogP) is 3.44. The number of nitrogens with one attached hydrogen (secondary N) is 1. The van der Waals surface area contributed by atoms with E-state index in [-0.39, 0.29) is 6.61 Å². The molecule has 22 heavy (non-hydrogen) atoms. The molecule has 1 aromatic carbocycles. The Hall–Kier alpha value is -2.53. The molecule has 2 rings (SSSR count). The first kappa shape index (κ1) is 15.9. The molecule has 0 fully saturated rings. The summed E-state index contributed by atoms with van der Waals surface area (Å²) in [6.07, 6.45) is 4.15. The van der Waals surface area contributed by atoms with Crippen molar-refractivity contribution in [3.63, 3.8) is 0 Å². The van der Waals surface area contributed by atoms with Gasteiger partial charge in [0.05, 0.1) is 6.26 Å². The lowest BCUT2D eigenvalue weighted by Crippen LogP contribution is -2.20. The van der Waals surface area contributed by atoms with Crippen LogP contribution in [0.1, 0.15) is 11.3 Å². The van der Waals surface area contributed by atoms with Crippen molar-refractivity contribution in [2.75, 3.05) is 11.9 Å². The van der Waals surface area contributed by atoms with Crippen molar-refractivity contribution in [1.29, 1.82) is 0 Å². The summed E-state index contributed by atoms with van der Waals surface area (Å²) in [5.74, 6) is -0.525. The van der Waals surface area contributed by atoms with Gasteiger partial charge in [-0.3, -0.25) is 4.79 Å². The lowest BCUT2D eigenvalue weighted by Gasteiger charge is -2.08. The van der Waals surface area contributed by atoms with Gasteiger partial charge in [-0.1, -0.05) is 11.6 Å². The van der Waals surface area contributed by atoms with E-state index in [0.29, 0.717) is 16.5 Å². The minimum absolute atomic E-state index is 0.372. The normalized spacial score (nSPS) is 10.6. The molecular formula is C16H14ClNO4. The molecule has 0 aliphatic rings. The van der Waals surface area contributed by atoms with E-state index in [2.05, 4.69) is 5.32 Å². The quantitative estimate of drug-likeness (QED) is 0.677. The first-order valence-corrected chi connectivity index (χ1v) is 6.87. The second-order valence-corrected chi connectivity index (χ2v) is 4.90. The van der Waals surface area contributed by atoms with Gasteiger partial charge in [-0.15, -0.1) is 0 Å². The van der Waals surface area contributed by atoms with Crippen LogP contribution >= 0.6 is 11.6 Å². The molecule has 0 aliphatic heterocycles. The number of hydrogen-bond acceptors (Lipinski definition) is 4. The zero-order chi connectivity index (χ0) is 15.9. The largest absolute Gasteiger partial charge is 0.465 e. The maximum Gasteiger partial charge on any atom is 0.331 e. The van der Waals surface area contributed by atoms with E-state index in [1.807, 2.05) is 6.92 Å². The third kappa shape index (κ3) is 4.79. The van der Waals surface area contributed by atoms with Gasteiger partial charge in [0.15, 0.2) is 6.61 Å². The number of ether oxygens (including phenoxy) is 1. The van der Waals surface area contributed by atoms with Crippen molar-refractivity contribution in [2.45, 2.75) is 6.92 Å². The summed E-state index contributed by atoms with van der Waals surface area (Å²) in [4.78, 5) is 23.2. The third-order valence-corrected chi connectivity index (χ3v) is 2.97. The minimum atomic E-state index is -0.626. The molecule has 0 saturated carbocycles. The Kier molecular flexibility index (Phi) is 5.38. The second-order valence-electron chi connectivity index (χ2n) is 4.46. The maximum atomic E-state index is 11.7. The van der Waals surface area contributed by atoms with Crippen LogP contribution in [0.4, 0.5) is 5.69 Å². The number of hydrogen-bond donors (Lipinski definition) is 1. The number of amides is 1. The van der Waals surface area contributed by atoms with Gasteiger partial charge in [0.2, 0.25) is 0 Å². The molecule has 5 nitrogen and oxygen atoms in total. The first-order chi connectivity index (χ1) is 10.5. The van der Waals surface area contributed by atoms with E-state index in [9.17, 15) is 9.59 Å². The molecular weight excluding hydrogens is 306 g/mol. The molecule has 1 aromatic heterocycles. The van der Waals surface area contributed by atoms with Crippen molar-refractivity contribution in [3.8, 4) is 0 Å². The fourth-order valence-electron chi connectivity index (χ4n) is 1.67. The van der Waals surface area contributed by atoms with Gasteiger partial charge in [0.25, 0.3) is 5.91 Å². The molecule has 114 valence electrons. The number of furan rings is 1. The van der Waals surface area contributed by atoms with Gasteiger partial charge in [0, 0.05) is 16.8 Å². The van der Waals surface area contributed by atoms with Crippen LogP contribution in [0.3, 0.4) is 0 Å². The highest BCUT2D eigenvalue weighted by Crippen LogP contribution is 2.19. The highest BCUT2D eigenvalue weighted by molar-refractivity contribution is 6.30. The lowest BCUT2D eigenvalue weighted by molar-refractivity contribution is -0.142. The van der Waals surface area contributed by atoms with E-state index in [1.54, 1.807) is 30.3 Å². The topological polar surface area (TPSA) is 68.5 Å². The molecule has 6 heteroatoms. The molecule has 1 heterocycles. The van der Waals surface area contributed by atoms with Crippen LogP contribution in [-0.4, -0.2) is 18.5 Å². The average Bonchev–Trinajstić information content (AvgIpc) is 2.99. The molecule has 0 spiro atoms. The zero-order valence-electron chi connectivity index (χ0n) is 11.8. The van der Waals surface area contributed by atoms with Crippen molar-refractivity contribution in [1.82, 2.24) is 0 Å². The number of benzene rings is 1. The molecule has 1 N–H and O–H groups in total. The zero-order valence-corrected chi connectivity index (χ0v) is 12.6. The fourth-order valence-corrected chi connectivity index (χ4v) is 1.90. The summed E-state index contributed by atoms with van der Waals surface area (Å²) in [5, 5.41) is 3.23. The highest BCUT2D eigenvalue weighted by Gasteiger charge is 2.07. The van der Waals surface area contributed by atoms with Crippen LogP contribution in [0.25, 0.3) is 6.08 Å². The standard InChI is InChI=1S/C16H14ClNO4/c1-11-9-12(17)4-6-14(11)18-15(19)10-22-16(20)7-5-13-3-2-8-21-13/h2-9H,10H2,1H3,(H,18,19). The molecule has 1 amide bonds. The number of aryl methyl sites for hydroxylation is 1. The summed E-state index contributed by atoms with van der Waals surface area (Å²) < 4.78 is 9.86. The number of esters is 1. The van der Waals surface area contributed by atoms with Crippen molar-refractivity contribution < 1.29 is 18.7 Å². The van der Waals surface area contributed by atoms with Crippen LogP contribution in [0, 0.1) is 6.92 Å². The van der Waals surface area contributed by atoms with Crippen LogP contribution in [0.2, 0.25) is 5.02 Å². The number of rotatable bonds is 5. The van der Waals surface area contributed by atoms with Crippen molar-refractivity contribution in [3.05, 3.63) is 59.0 Å². The summed E-state index contributed by atoms with van der Waals surface area (Å²) >= 11 is 5.84. The molecule has 0 saturated heterocycles. The van der Waals surface area contributed by atoms with Gasteiger partial charge in [-0.25, -0.2) is 4.79 Å². The van der Waals surface area contributed by atoms with Gasteiger partial charge in [-0.2, -0.15) is 0 Å². The lowest BCUT2D eigenvalue weighted by atomic mass is 10.2. The minimum Gasteiger partial charge on any atom is -0.465 e. The Labute approximate surface area is 132 Å². The van der Waals surface area contributed by atoms with E-state index < -0.39 is 11.9 Å². The Balaban J connectivity index is 1.81. The Morgan fingerprint density at radius 3 is 2.86 bits per heavy atom. The van der Waals surface area contributed by atoms with Crippen molar-refractivity contribution in [2.24, 2.45) is 0 Å². The summed E-state index contributed by atoms with van der Waals surface area (Å²) in [5.41, 5.74) is 1.45. The van der Waals surface area contributed by atoms with E-state index in [4.69, 9.17) is 20.8 Å². The molecule has 0 unspecified atom stereocenters. The molecule has 2 aromatic rings. The second kappa shape index (κ2) is 7.47. The van der Waals surface area contributed by atoms with E-state index >= 15 is 0 Å². The van der Waals surface area contributed by atoms with Crippen LogP contribution in [-0.2, 0) is 14.3 Å². The Morgan fingerprint density at radius 1 is 1.36 bits per heavy atom. The predicted molar refractivity (Wildman–Crippen MR) is 83.5 cm³/mol. The third-order valence-electron chi connectivity index (χ3n) is 2.73. The van der Waals surface area contributed by atoms with Crippen LogP contribution in [0.5, 0.6) is 0 Å². The average molecular weight is 320 g/mol. The van der Waals surface area contributed by atoms with Crippen LogP contribution < -0.4 is 5.32 Å². The van der Waals surface area contributed by atoms with Gasteiger partial charge in [-0.05, 0) is 48.9 Å². The number of anilines is 1. The van der Waals surface area contributed by atoms with Gasteiger partial charge in [0.1, 0.15) is 5.76 Å². The summed E-state index contributed by atoms with van der Waals surface area (Å²) in [6.45, 7) is 1.45. The molecule has 0 aliphatic carbocycles. The molecule has 0 atom stereocenters. The first-order valence-electron chi connectivity index (χ1n) is 6.49. The number of carbonyl (C=O) groups excluding carboxylic acids is 2. The SMILES string of the molecule is Cc1cc(Cl)ccc1NC(=O)COC(=O)C=Cc1ccco1. The maximum absolute atomic E-state index is 11.7. The Bertz CT molecular complexity index is 692. The monoisotopic (exact) mass is 319 g/mol. The fraction of sp³-hybridized carbons (Fsp3) is 0.125.